The molecule has 0 spiro atoms. The molecule has 0 aromatic heterocycles. The number of amides is 2. The largest absolute Gasteiger partial charge is 0.463 e. The van der Waals surface area contributed by atoms with E-state index >= 15 is 0 Å². The molecule has 1 fully saturated rings. The van der Waals surface area contributed by atoms with Crippen LogP contribution in [0.5, 0.6) is 0 Å². The van der Waals surface area contributed by atoms with Crippen molar-refractivity contribution in [3.05, 3.63) is 61.2 Å². The smallest absolute Gasteiger partial charge is 0.305 e. The molecule has 2 atom stereocenters. The Morgan fingerprint density at radius 1 is 1.08 bits per heavy atom. The van der Waals surface area contributed by atoms with Crippen molar-refractivity contribution in [3.8, 4) is 0 Å². The summed E-state index contributed by atoms with van der Waals surface area (Å²) >= 11 is 0. The Morgan fingerprint density at radius 3 is 2.49 bits per heavy atom. The first kappa shape index (κ1) is 32.3. The molecule has 1 aromatic carbocycles. The molecule has 2 N–H and O–H groups in total. The summed E-state index contributed by atoms with van der Waals surface area (Å²) < 4.78 is 5.58. The van der Waals surface area contributed by atoms with Crippen molar-refractivity contribution in [1.82, 2.24) is 10.2 Å². The Kier molecular flexibility index (Phi) is 15.9. The number of rotatable bonds is 19. The van der Waals surface area contributed by atoms with Crippen LogP contribution in [0.4, 0.5) is 0 Å². The topological polar surface area (TPSA) is 95.9 Å². The fourth-order valence-corrected chi connectivity index (χ4v) is 5.18. The third kappa shape index (κ3) is 13.1. The highest BCUT2D eigenvalue weighted by atomic mass is 16.5. The van der Waals surface area contributed by atoms with Crippen molar-refractivity contribution >= 4 is 17.8 Å². The average molecular weight is 541 g/mol. The van der Waals surface area contributed by atoms with E-state index in [1.807, 2.05) is 36.4 Å². The van der Waals surface area contributed by atoms with Gasteiger partial charge in [-0.05, 0) is 43.6 Å². The van der Waals surface area contributed by atoms with E-state index < -0.39 is 5.92 Å². The maximum absolute atomic E-state index is 13.4. The van der Waals surface area contributed by atoms with Crippen molar-refractivity contribution in [2.24, 2.45) is 11.8 Å². The summed E-state index contributed by atoms with van der Waals surface area (Å²) in [6, 6.07) is 9.30. The minimum absolute atomic E-state index is 0.0178. The van der Waals surface area contributed by atoms with Gasteiger partial charge in [0.25, 0.3) is 0 Å². The van der Waals surface area contributed by atoms with Gasteiger partial charge in [0, 0.05) is 25.9 Å². The maximum Gasteiger partial charge on any atom is 0.305 e. The van der Waals surface area contributed by atoms with Gasteiger partial charge in [-0.3, -0.25) is 14.4 Å². The van der Waals surface area contributed by atoms with Gasteiger partial charge in [0.1, 0.15) is 6.61 Å². The Bertz CT molecular complexity index is 882. The van der Waals surface area contributed by atoms with Crippen LogP contribution in [-0.4, -0.2) is 53.6 Å². The van der Waals surface area contributed by atoms with Crippen LogP contribution in [0.2, 0.25) is 0 Å². The molecule has 1 saturated carbocycles. The average Bonchev–Trinajstić information content (AvgIpc) is 2.94. The Hall–Kier alpha value is -2.93. The molecule has 2 unspecified atom stereocenters. The van der Waals surface area contributed by atoms with E-state index in [1.165, 1.54) is 19.3 Å². The minimum atomic E-state index is -0.588. The van der Waals surface area contributed by atoms with E-state index in [-0.39, 0.29) is 50.0 Å². The molecule has 1 aliphatic rings. The van der Waals surface area contributed by atoms with Gasteiger partial charge in [0.2, 0.25) is 11.8 Å². The molecule has 0 bridgehead atoms. The quantitative estimate of drug-likeness (QED) is 0.140. The first-order valence-electron chi connectivity index (χ1n) is 14.6. The number of benzene rings is 1. The number of aliphatic hydroxyl groups excluding tert-OH is 1. The van der Waals surface area contributed by atoms with Gasteiger partial charge in [-0.1, -0.05) is 74.6 Å². The first-order chi connectivity index (χ1) is 19.0. The van der Waals surface area contributed by atoms with Crippen molar-refractivity contribution < 1.29 is 24.2 Å². The molecule has 0 radical (unpaired) electrons. The number of carbonyl (C=O) groups is 3. The lowest BCUT2D eigenvalue weighted by molar-refractivity contribution is -0.145. The zero-order valence-corrected chi connectivity index (χ0v) is 23.5. The Morgan fingerprint density at radius 2 is 1.82 bits per heavy atom. The number of aliphatic hydroxyl groups is 1. The predicted molar refractivity (Wildman–Crippen MR) is 155 cm³/mol. The second-order valence-corrected chi connectivity index (χ2v) is 10.6. The van der Waals surface area contributed by atoms with E-state index in [2.05, 4.69) is 18.5 Å². The Labute approximate surface area is 234 Å². The van der Waals surface area contributed by atoms with E-state index in [0.29, 0.717) is 25.3 Å². The molecule has 216 valence electrons. The van der Waals surface area contributed by atoms with Gasteiger partial charge in [-0.25, -0.2) is 0 Å². The van der Waals surface area contributed by atoms with Crippen LogP contribution in [0.1, 0.15) is 82.6 Å². The van der Waals surface area contributed by atoms with Crippen LogP contribution in [-0.2, 0) is 25.7 Å². The molecule has 7 nitrogen and oxygen atoms in total. The zero-order chi connectivity index (χ0) is 28.3. The van der Waals surface area contributed by atoms with E-state index in [4.69, 9.17) is 4.74 Å². The van der Waals surface area contributed by atoms with Gasteiger partial charge in [-0.15, -0.1) is 13.2 Å². The maximum atomic E-state index is 13.4. The first-order valence-corrected chi connectivity index (χ1v) is 14.6. The molecular formula is C32H48N2O5. The van der Waals surface area contributed by atoms with Crippen LogP contribution >= 0.6 is 0 Å². The van der Waals surface area contributed by atoms with Crippen molar-refractivity contribution in [3.63, 3.8) is 0 Å². The third-order valence-corrected chi connectivity index (χ3v) is 7.36. The standard InChI is InChI=1S/C32H48N2O5/c1-3-5-6-13-19-31(37)39-25-29(22-26-15-9-7-10-16-26)33-32(38)28(14-4-2)23-30(36)34(20-21-35)24-27-17-11-8-12-18-27/h3-4,8,11-12,17-18,26,28-29,35H,1-2,5-7,9-10,13-16,19-25H2,(H,33,38). The molecule has 1 aromatic rings. The number of unbranched alkanes of at least 4 members (excludes halogenated alkanes) is 2. The van der Waals surface area contributed by atoms with E-state index in [9.17, 15) is 19.5 Å². The SMILES string of the molecule is C=CCCCCC(=O)OCC(CC1CCCCC1)NC(=O)C(CC=C)CC(=O)N(CCO)Cc1ccccc1. The molecule has 0 aliphatic heterocycles. The highest BCUT2D eigenvalue weighted by Crippen LogP contribution is 2.28. The van der Waals surface area contributed by atoms with E-state index in [1.54, 1.807) is 11.0 Å². The summed E-state index contributed by atoms with van der Waals surface area (Å²) in [6.45, 7) is 8.05. The summed E-state index contributed by atoms with van der Waals surface area (Å²) in [5.41, 5.74) is 0.961. The monoisotopic (exact) mass is 540 g/mol. The van der Waals surface area contributed by atoms with Crippen molar-refractivity contribution in [1.29, 1.82) is 0 Å². The molecule has 0 saturated heterocycles. The molecule has 2 amide bonds. The number of hydrogen-bond donors (Lipinski definition) is 2. The Balaban J connectivity index is 2.02. The lowest BCUT2D eigenvalue weighted by Crippen LogP contribution is -2.44. The van der Waals surface area contributed by atoms with Crippen LogP contribution in [0.25, 0.3) is 0 Å². The second-order valence-electron chi connectivity index (χ2n) is 10.6. The van der Waals surface area contributed by atoms with Gasteiger partial charge in [0.15, 0.2) is 0 Å². The van der Waals surface area contributed by atoms with Gasteiger partial charge in [-0.2, -0.15) is 0 Å². The van der Waals surface area contributed by atoms with Crippen molar-refractivity contribution in [2.75, 3.05) is 19.8 Å². The highest BCUT2D eigenvalue weighted by molar-refractivity contribution is 5.86. The fraction of sp³-hybridized carbons (Fsp3) is 0.594. The molecule has 0 heterocycles. The number of ether oxygens (including phenoxy) is 1. The molecular weight excluding hydrogens is 492 g/mol. The summed E-state index contributed by atoms with van der Waals surface area (Å²) in [5, 5.41) is 12.6. The number of nitrogens with one attached hydrogen (secondary N) is 1. The predicted octanol–water partition coefficient (Wildman–Crippen LogP) is 5.33. The number of allylic oxidation sites excluding steroid dienone is 2. The number of nitrogens with zero attached hydrogens (tertiary/aromatic N) is 1. The van der Waals surface area contributed by atoms with Crippen LogP contribution < -0.4 is 5.32 Å². The second kappa shape index (κ2) is 19.2. The van der Waals surface area contributed by atoms with Crippen LogP contribution in [0.15, 0.2) is 55.6 Å². The normalized spacial score (nSPS) is 15.1. The van der Waals surface area contributed by atoms with Gasteiger partial charge in [0.05, 0.1) is 18.6 Å². The molecule has 39 heavy (non-hydrogen) atoms. The summed E-state index contributed by atoms with van der Waals surface area (Å²) in [5.74, 6) is -0.768. The van der Waals surface area contributed by atoms with Crippen LogP contribution in [0.3, 0.4) is 0 Å². The zero-order valence-electron chi connectivity index (χ0n) is 23.5. The molecule has 1 aliphatic carbocycles. The fourth-order valence-electron chi connectivity index (χ4n) is 5.18. The minimum Gasteiger partial charge on any atom is -0.463 e. The third-order valence-electron chi connectivity index (χ3n) is 7.36. The number of esters is 1. The summed E-state index contributed by atoms with van der Waals surface area (Å²) in [4.78, 5) is 40.5. The highest BCUT2D eigenvalue weighted by Gasteiger charge is 2.28. The van der Waals surface area contributed by atoms with Crippen molar-refractivity contribution in [2.45, 2.75) is 89.6 Å². The van der Waals surface area contributed by atoms with Gasteiger partial charge >= 0.3 is 5.97 Å². The molecule has 2 rings (SSSR count). The lowest BCUT2D eigenvalue weighted by Gasteiger charge is -2.29. The number of hydrogen-bond acceptors (Lipinski definition) is 5. The summed E-state index contributed by atoms with van der Waals surface area (Å²) in [6.07, 6.45) is 13.4. The lowest BCUT2D eigenvalue weighted by atomic mass is 9.84. The summed E-state index contributed by atoms with van der Waals surface area (Å²) in [7, 11) is 0. The molecule has 7 heteroatoms. The van der Waals surface area contributed by atoms with Gasteiger partial charge < -0.3 is 20.1 Å². The van der Waals surface area contributed by atoms with E-state index in [0.717, 1.165) is 44.1 Å². The van der Waals surface area contributed by atoms with Crippen LogP contribution in [0, 0.1) is 11.8 Å². The number of carbonyl (C=O) groups excluding carboxylic acids is 3.